The zero-order valence-electron chi connectivity index (χ0n) is 7.29. The number of hydrogen-bond acceptors (Lipinski definition) is 1. The minimum Gasteiger partial charge on any atom is -0.374 e. The zero-order chi connectivity index (χ0) is 7.94. The molecule has 0 aliphatic carbocycles. The minimum absolute atomic E-state index is 1.10. The van der Waals surface area contributed by atoms with E-state index in [0.29, 0.717) is 0 Å². The van der Waals surface area contributed by atoms with Crippen molar-refractivity contribution < 1.29 is 0 Å². The Balaban J connectivity index is 2.07. The van der Waals surface area contributed by atoms with Crippen molar-refractivity contribution in [1.82, 2.24) is 4.90 Å². The van der Waals surface area contributed by atoms with Gasteiger partial charge in [0, 0.05) is 13.1 Å². The third kappa shape index (κ3) is 3.26. The van der Waals surface area contributed by atoms with Crippen LogP contribution < -0.4 is 0 Å². The third-order valence-corrected chi connectivity index (χ3v) is 1.93. The lowest BCUT2D eigenvalue weighted by Gasteiger charge is -2.19. The molecule has 0 aromatic rings. The molecule has 0 N–H and O–H groups in total. The van der Waals surface area contributed by atoms with Crippen LogP contribution in [0.3, 0.4) is 0 Å². The number of unbranched alkanes of at least 4 members (excludes halogenated alkanes) is 2. The summed E-state index contributed by atoms with van der Waals surface area (Å²) in [5.41, 5.74) is 0. The lowest BCUT2D eigenvalue weighted by atomic mass is 10.2. The first-order valence-corrected chi connectivity index (χ1v) is 4.51. The summed E-state index contributed by atoms with van der Waals surface area (Å²) >= 11 is 0. The Labute approximate surface area is 69.4 Å². The molecule has 0 fully saturated rings. The quantitative estimate of drug-likeness (QED) is 0.558. The smallest absolute Gasteiger partial charge is 0.0357 e. The first kappa shape index (κ1) is 8.38. The van der Waals surface area contributed by atoms with Gasteiger partial charge in [-0.05, 0) is 18.7 Å². The van der Waals surface area contributed by atoms with E-state index in [9.17, 15) is 0 Å². The predicted octanol–water partition coefficient (Wildman–Crippen LogP) is 2.56. The number of allylic oxidation sites excluding steroid dienone is 2. The van der Waals surface area contributed by atoms with Gasteiger partial charge in [0.05, 0.1) is 0 Å². The molecule has 1 heteroatoms. The predicted molar refractivity (Wildman–Crippen MR) is 49.4 cm³/mol. The lowest BCUT2D eigenvalue weighted by molar-refractivity contribution is 0.396. The van der Waals surface area contributed by atoms with Crippen LogP contribution in [0.1, 0.15) is 26.2 Å². The summed E-state index contributed by atoms with van der Waals surface area (Å²) in [6, 6.07) is 0. The number of nitrogens with zero attached hydrogens (tertiary/aromatic N) is 1. The second kappa shape index (κ2) is 5.00. The first-order chi connectivity index (χ1) is 5.43. The summed E-state index contributed by atoms with van der Waals surface area (Å²) in [6.45, 7) is 4.56. The Kier molecular flexibility index (Phi) is 3.81. The summed E-state index contributed by atoms with van der Waals surface area (Å²) in [7, 11) is 0. The highest BCUT2D eigenvalue weighted by molar-refractivity contribution is 5.08. The summed E-state index contributed by atoms with van der Waals surface area (Å²) in [5.74, 6) is 0. The van der Waals surface area contributed by atoms with Gasteiger partial charge in [-0.15, -0.1) is 0 Å². The molecule has 1 heterocycles. The maximum Gasteiger partial charge on any atom is 0.0357 e. The fraction of sp³-hybridized carbons (Fsp3) is 0.600. The molecular formula is C10H17N. The van der Waals surface area contributed by atoms with Crippen LogP contribution in [0.15, 0.2) is 24.4 Å². The molecule has 62 valence electrons. The second-order valence-electron chi connectivity index (χ2n) is 2.97. The average Bonchev–Trinajstić information content (AvgIpc) is 2.07. The highest BCUT2D eigenvalue weighted by atomic mass is 15.1. The Morgan fingerprint density at radius 1 is 1.27 bits per heavy atom. The van der Waals surface area contributed by atoms with Gasteiger partial charge in [0.2, 0.25) is 0 Å². The van der Waals surface area contributed by atoms with Crippen LogP contribution in [0.2, 0.25) is 0 Å². The van der Waals surface area contributed by atoms with E-state index in [1.807, 2.05) is 0 Å². The molecule has 0 aromatic carbocycles. The highest BCUT2D eigenvalue weighted by Crippen LogP contribution is 2.02. The van der Waals surface area contributed by atoms with Crippen LogP contribution in [-0.4, -0.2) is 18.0 Å². The van der Waals surface area contributed by atoms with E-state index in [1.54, 1.807) is 0 Å². The highest BCUT2D eigenvalue weighted by Gasteiger charge is 1.97. The fourth-order valence-corrected chi connectivity index (χ4v) is 1.24. The van der Waals surface area contributed by atoms with E-state index in [2.05, 4.69) is 36.3 Å². The van der Waals surface area contributed by atoms with Gasteiger partial charge in [-0.1, -0.05) is 31.9 Å². The number of hydrogen-bond donors (Lipinski definition) is 0. The molecule has 1 aliphatic heterocycles. The van der Waals surface area contributed by atoms with E-state index in [-0.39, 0.29) is 0 Å². The molecule has 1 aliphatic rings. The van der Waals surface area contributed by atoms with E-state index >= 15 is 0 Å². The maximum absolute atomic E-state index is 2.36. The molecule has 0 bridgehead atoms. The van der Waals surface area contributed by atoms with Crippen molar-refractivity contribution in [2.24, 2.45) is 0 Å². The SMILES string of the molecule is CCCCCN1C=CC=CC1. The Morgan fingerprint density at radius 2 is 2.18 bits per heavy atom. The van der Waals surface area contributed by atoms with Crippen molar-refractivity contribution in [3.63, 3.8) is 0 Å². The van der Waals surface area contributed by atoms with Crippen LogP contribution >= 0.6 is 0 Å². The van der Waals surface area contributed by atoms with Crippen LogP contribution in [0.5, 0.6) is 0 Å². The van der Waals surface area contributed by atoms with Crippen molar-refractivity contribution in [3.8, 4) is 0 Å². The topological polar surface area (TPSA) is 3.24 Å². The van der Waals surface area contributed by atoms with Gasteiger partial charge >= 0.3 is 0 Å². The van der Waals surface area contributed by atoms with Gasteiger partial charge in [0.1, 0.15) is 0 Å². The van der Waals surface area contributed by atoms with Crippen molar-refractivity contribution in [1.29, 1.82) is 0 Å². The second-order valence-corrected chi connectivity index (χ2v) is 2.97. The van der Waals surface area contributed by atoms with Gasteiger partial charge in [-0.2, -0.15) is 0 Å². The van der Waals surface area contributed by atoms with Crippen molar-refractivity contribution >= 4 is 0 Å². The summed E-state index contributed by atoms with van der Waals surface area (Å²) in [4.78, 5) is 2.36. The minimum atomic E-state index is 1.10. The molecule has 1 rings (SSSR count). The van der Waals surface area contributed by atoms with Crippen molar-refractivity contribution in [3.05, 3.63) is 24.4 Å². The molecule has 0 saturated carbocycles. The van der Waals surface area contributed by atoms with Crippen LogP contribution in [0.4, 0.5) is 0 Å². The standard InChI is InChI=1S/C10H17N/c1-2-3-5-8-11-9-6-4-7-10-11/h4,6-7,9H,2-3,5,8,10H2,1H3. The lowest BCUT2D eigenvalue weighted by Crippen LogP contribution is -2.19. The molecule has 0 saturated heterocycles. The summed E-state index contributed by atoms with van der Waals surface area (Å²) in [5, 5.41) is 0. The molecule has 0 radical (unpaired) electrons. The van der Waals surface area contributed by atoms with Crippen molar-refractivity contribution in [2.75, 3.05) is 13.1 Å². The first-order valence-electron chi connectivity index (χ1n) is 4.51. The molecule has 11 heavy (non-hydrogen) atoms. The maximum atomic E-state index is 2.36. The normalized spacial score (nSPS) is 15.9. The largest absolute Gasteiger partial charge is 0.374 e. The Hall–Kier alpha value is -0.720. The summed E-state index contributed by atoms with van der Waals surface area (Å²) in [6.07, 6.45) is 12.6. The molecule has 0 unspecified atom stereocenters. The van der Waals surface area contributed by atoms with Gasteiger partial charge in [-0.25, -0.2) is 0 Å². The average molecular weight is 151 g/mol. The molecule has 0 atom stereocenters. The van der Waals surface area contributed by atoms with Crippen molar-refractivity contribution in [2.45, 2.75) is 26.2 Å². The Morgan fingerprint density at radius 3 is 2.82 bits per heavy atom. The molecule has 0 spiro atoms. The van der Waals surface area contributed by atoms with E-state index in [1.165, 1.54) is 25.8 Å². The van der Waals surface area contributed by atoms with Gasteiger partial charge in [-0.3, -0.25) is 0 Å². The molecular weight excluding hydrogens is 134 g/mol. The zero-order valence-corrected chi connectivity index (χ0v) is 7.29. The summed E-state index contributed by atoms with van der Waals surface area (Å²) < 4.78 is 0. The van der Waals surface area contributed by atoms with Crippen LogP contribution in [-0.2, 0) is 0 Å². The Bertz CT molecular complexity index is 147. The van der Waals surface area contributed by atoms with E-state index < -0.39 is 0 Å². The van der Waals surface area contributed by atoms with E-state index in [0.717, 1.165) is 6.54 Å². The third-order valence-electron chi connectivity index (χ3n) is 1.93. The van der Waals surface area contributed by atoms with Gasteiger partial charge in [0.15, 0.2) is 0 Å². The van der Waals surface area contributed by atoms with Gasteiger partial charge in [0.25, 0.3) is 0 Å². The van der Waals surface area contributed by atoms with E-state index in [4.69, 9.17) is 0 Å². The monoisotopic (exact) mass is 151 g/mol. The number of rotatable bonds is 4. The molecule has 0 amide bonds. The van der Waals surface area contributed by atoms with Gasteiger partial charge < -0.3 is 4.90 Å². The van der Waals surface area contributed by atoms with Crippen LogP contribution in [0.25, 0.3) is 0 Å². The fourth-order valence-electron chi connectivity index (χ4n) is 1.24. The molecule has 0 aromatic heterocycles. The van der Waals surface area contributed by atoms with Crippen LogP contribution in [0, 0.1) is 0 Å². The molecule has 1 nitrogen and oxygen atoms in total.